The minimum absolute atomic E-state index is 0.103. The lowest BCUT2D eigenvalue weighted by Gasteiger charge is -2.23. The molecule has 10 nitrogen and oxygen atoms in total. The van der Waals surface area contributed by atoms with Gasteiger partial charge in [-0.3, -0.25) is 4.68 Å². The molecule has 36 heavy (non-hydrogen) atoms. The summed E-state index contributed by atoms with van der Waals surface area (Å²) in [6, 6.07) is 8.48. The van der Waals surface area contributed by atoms with Gasteiger partial charge in [0.15, 0.2) is 11.9 Å². The zero-order valence-electron chi connectivity index (χ0n) is 20.3. The van der Waals surface area contributed by atoms with Crippen molar-refractivity contribution in [2.24, 2.45) is 14.1 Å². The SMILES string of the molecule is Cn1nc(C#N)c2c1COCCOc1c(cnn1C)-c1ccc3c(c1)c(nn3C1CCCCO1)/C=C/2. The molecule has 1 saturated heterocycles. The zero-order valence-corrected chi connectivity index (χ0v) is 20.3. The van der Waals surface area contributed by atoms with Crippen molar-refractivity contribution in [3.8, 4) is 23.1 Å². The monoisotopic (exact) mass is 485 g/mol. The molecule has 0 N–H and O–H groups in total. The van der Waals surface area contributed by atoms with Crippen LogP contribution in [0.3, 0.4) is 0 Å². The highest BCUT2D eigenvalue weighted by atomic mass is 16.5. The molecule has 1 fully saturated rings. The van der Waals surface area contributed by atoms with Crippen LogP contribution in [0.2, 0.25) is 0 Å². The highest BCUT2D eigenvalue weighted by molar-refractivity contribution is 5.93. The van der Waals surface area contributed by atoms with E-state index >= 15 is 0 Å². The standard InChI is InChI=1S/C26H27N7O3/c1-31-24-16-34-11-12-36-26-20(15-28-32(26)2)17-6-9-23-19(13-17)21(8-7-18(24)22(14-27)29-31)30-33(23)25-5-3-4-10-35-25/h6-9,13,15,25H,3-5,10-12,16H2,1-2H3/b8-7+. The molecule has 6 rings (SSSR count). The summed E-state index contributed by atoms with van der Waals surface area (Å²) in [5.74, 6) is 0.681. The van der Waals surface area contributed by atoms with Crippen LogP contribution >= 0.6 is 0 Å². The van der Waals surface area contributed by atoms with Gasteiger partial charge >= 0.3 is 0 Å². The molecule has 10 heteroatoms. The predicted octanol–water partition coefficient (Wildman–Crippen LogP) is 3.82. The number of hydrogen-bond donors (Lipinski definition) is 0. The summed E-state index contributed by atoms with van der Waals surface area (Å²) < 4.78 is 23.5. The van der Waals surface area contributed by atoms with Gasteiger partial charge < -0.3 is 14.2 Å². The quantitative estimate of drug-likeness (QED) is 0.404. The van der Waals surface area contributed by atoms with E-state index in [0.29, 0.717) is 31.4 Å². The largest absolute Gasteiger partial charge is 0.475 e. The second-order valence-corrected chi connectivity index (χ2v) is 9.05. The maximum Gasteiger partial charge on any atom is 0.219 e. The fourth-order valence-electron chi connectivity index (χ4n) is 4.92. The molecule has 1 unspecified atom stereocenters. The van der Waals surface area contributed by atoms with Gasteiger partial charge in [-0.1, -0.05) is 6.07 Å². The number of nitriles is 1. The molecule has 184 valence electrons. The number of hydrogen-bond acceptors (Lipinski definition) is 7. The molecule has 3 aromatic heterocycles. The average molecular weight is 486 g/mol. The van der Waals surface area contributed by atoms with Crippen molar-refractivity contribution in [2.75, 3.05) is 19.8 Å². The van der Waals surface area contributed by atoms with E-state index in [9.17, 15) is 5.26 Å². The third-order valence-electron chi connectivity index (χ3n) is 6.78. The van der Waals surface area contributed by atoms with E-state index in [0.717, 1.165) is 64.9 Å². The van der Waals surface area contributed by atoms with Crippen molar-refractivity contribution in [3.63, 3.8) is 0 Å². The maximum absolute atomic E-state index is 9.69. The Morgan fingerprint density at radius 3 is 2.81 bits per heavy atom. The van der Waals surface area contributed by atoms with Crippen LogP contribution < -0.4 is 4.74 Å². The Hall–Kier alpha value is -3.94. The smallest absolute Gasteiger partial charge is 0.219 e. The Bertz CT molecular complexity index is 1500. The maximum atomic E-state index is 9.69. The first-order valence-electron chi connectivity index (χ1n) is 12.1. The molecule has 4 aromatic rings. The summed E-state index contributed by atoms with van der Waals surface area (Å²) in [5.41, 5.74) is 5.59. The van der Waals surface area contributed by atoms with Gasteiger partial charge in [0.2, 0.25) is 5.88 Å². The van der Waals surface area contributed by atoms with E-state index in [1.165, 1.54) is 0 Å². The van der Waals surface area contributed by atoms with E-state index < -0.39 is 0 Å². The van der Waals surface area contributed by atoms with Gasteiger partial charge in [-0.25, -0.2) is 9.36 Å². The van der Waals surface area contributed by atoms with Crippen LogP contribution in [0.1, 0.15) is 48.1 Å². The highest BCUT2D eigenvalue weighted by Crippen LogP contribution is 2.35. The summed E-state index contributed by atoms with van der Waals surface area (Å²) in [6.07, 6.45) is 8.68. The molecule has 5 heterocycles. The summed E-state index contributed by atoms with van der Waals surface area (Å²) in [7, 11) is 3.69. The average Bonchev–Trinajstić information content (AvgIpc) is 3.55. The summed E-state index contributed by atoms with van der Waals surface area (Å²) >= 11 is 0. The van der Waals surface area contributed by atoms with Gasteiger partial charge in [-0.15, -0.1) is 0 Å². The van der Waals surface area contributed by atoms with Gasteiger partial charge in [-0.2, -0.15) is 20.6 Å². The molecule has 2 aliphatic heterocycles. The Morgan fingerprint density at radius 2 is 1.97 bits per heavy atom. The molecule has 0 amide bonds. The predicted molar refractivity (Wildman–Crippen MR) is 133 cm³/mol. The van der Waals surface area contributed by atoms with E-state index in [1.807, 2.05) is 37.1 Å². The van der Waals surface area contributed by atoms with Crippen molar-refractivity contribution in [1.82, 2.24) is 29.3 Å². The van der Waals surface area contributed by atoms with E-state index in [2.05, 4.69) is 34.5 Å². The second kappa shape index (κ2) is 9.26. The summed E-state index contributed by atoms with van der Waals surface area (Å²) in [4.78, 5) is 0. The summed E-state index contributed by atoms with van der Waals surface area (Å²) in [5, 5.41) is 24.5. The lowest BCUT2D eigenvalue weighted by Crippen LogP contribution is -2.19. The molecular weight excluding hydrogens is 458 g/mol. The van der Waals surface area contributed by atoms with Crippen LogP contribution in [0, 0.1) is 11.3 Å². The van der Waals surface area contributed by atoms with Crippen LogP contribution in [0.5, 0.6) is 5.88 Å². The molecule has 2 bridgehead atoms. The van der Waals surface area contributed by atoms with Gasteiger partial charge in [0.1, 0.15) is 12.7 Å². The summed E-state index contributed by atoms with van der Waals surface area (Å²) in [6.45, 7) is 1.79. The molecular formula is C26H27N7O3. The number of fused-ring (bicyclic) bond motifs is 4. The first-order valence-corrected chi connectivity index (χ1v) is 12.1. The lowest BCUT2D eigenvalue weighted by atomic mass is 10.0. The number of ether oxygens (including phenoxy) is 3. The molecule has 0 radical (unpaired) electrons. The molecule has 1 atom stereocenters. The van der Waals surface area contributed by atoms with Gasteiger partial charge in [-0.05, 0) is 49.1 Å². The Kier molecular flexibility index (Phi) is 5.79. The van der Waals surface area contributed by atoms with E-state index in [1.54, 1.807) is 9.36 Å². The number of benzene rings is 1. The van der Waals surface area contributed by atoms with Crippen LogP contribution in [-0.4, -0.2) is 49.2 Å². The number of aryl methyl sites for hydroxylation is 2. The van der Waals surface area contributed by atoms with Crippen LogP contribution in [0.15, 0.2) is 24.4 Å². The van der Waals surface area contributed by atoms with Gasteiger partial charge in [0.25, 0.3) is 0 Å². The van der Waals surface area contributed by atoms with E-state index in [-0.39, 0.29) is 6.23 Å². The molecule has 1 aromatic carbocycles. The van der Waals surface area contributed by atoms with Crippen molar-refractivity contribution >= 4 is 23.1 Å². The molecule has 2 aliphatic rings. The molecule has 0 spiro atoms. The van der Waals surface area contributed by atoms with Gasteiger partial charge in [0.05, 0.1) is 41.9 Å². The Labute approximate surface area is 208 Å². The van der Waals surface area contributed by atoms with Crippen LogP contribution in [0.4, 0.5) is 0 Å². The van der Waals surface area contributed by atoms with Crippen molar-refractivity contribution < 1.29 is 14.2 Å². The number of nitrogens with zero attached hydrogens (tertiary/aromatic N) is 7. The first kappa shape index (κ1) is 22.5. The topological polar surface area (TPSA) is 105 Å². The van der Waals surface area contributed by atoms with Crippen LogP contribution in [0.25, 0.3) is 34.2 Å². The second-order valence-electron chi connectivity index (χ2n) is 9.05. The van der Waals surface area contributed by atoms with E-state index in [4.69, 9.17) is 19.3 Å². The number of rotatable bonds is 1. The molecule has 0 saturated carbocycles. The first-order chi connectivity index (χ1) is 17.6. The fraction of sp³-hybridized carbons (Fsp3) is 0.385. The minimum Gasteiger partial charge on any atom is -0.475 e. The fourth-order valence-corrected chi connectivity index (χ4v) is 4.92. The van der Waals surface area contributed by atoms with Crippen molar-refractivity contribution in [3.05, 3.63) is 47.0 Å². The molecule has 0 aliphatic carbocycles. The lowest BCUT2D eigenvalue weighted by molar-refractivity contribution is -0.0367. The normalized spacial score (nSPS) is 19.1. The Balaban J connectivity index is 1.55. The third kappa shape index (κ3) is 3.86. The zero-order chi connectivity index (χ0) is 24.6. The van der Waals surface area contributed by atoms with Gasteiger partial charge in [0, 0.05) is 31.7 Å². The number of aromatic nitrogens is 6. The third-order valence-corrected chi connectivity index (χ3v) is 6.78. The highest BCUT2D eigenvalue weighted by Gasteiger charge is 2.22. The Morgan fingerprint density at radius 1 is 1.06 bits per heavy atom. The van der Waals surface area contributed by atoms with Crippen molar-refractivity contribution in [1.29, 1.82) is 5.26 Å². The van der Waals surface area contributed by atoms with Crippen LogP contribution in [-0.2, 0) is 30.2 Å². The van der Waals surface area contributed by atoms with Crippen molar-refractivity contribution in [2.45, 2.75) is 32.1 Å². The minimum atomic E-state index is -0.103.